The average molecular weight is 257 g/mol. The third kappa shape index (κ3) is 4.29. The standard InChI is InChI=1S/C13H23NO4/c1-3-6-14(9-12(15)16)13(17)10(2)11-4-7-18-8-5-11/h10-11H,3-9H2,1-2H3,(H,15,16). The summed E-state index contributed by atoms with van der Waals surface area (Å²) >= 11 is 0. The summed E-state index contributed by atoms with van der Waals surface area (Å²) in [6.45, 7) is 5.58. The Morgan fingerprint density at radius 3 is 2.50 bits per heavy atom. The fourth-order valence-electron chi connectivity index (χ4n) is 2.41. The minimum absolute atomic E-state index is 0.0360. The molecule has 1 N–H and O–H groups in total. The molecule has 0 spiro atoms. The highest BCUT2D eigenvalue weighted by Gasteiger charge is 2.29. The van der Waals surface area contributed by atoms with E-state index >= 15 is 0 Å². The van der Waals surface area contributed by atoms with E-state index in [1.165, 1.54) is 4.90 Å². The van der Waals surface area contributed by atoms with Crippen LogP contribution in [0.25, 0.3) is 0 Å². The Hall–Kier alpha value is -1.10. The number of carboxylic acids is 1. The van der Waals surface area contributed by atoms with Gasteiger partial charge in [-0.2, -0.15) is 0 Å². The SMILES string of the molecule is CCCN(CC(=O)O)C(=O)C(C)C1CCOCC1. The van der Waals surface area contributed by atoms with Crippen molar-refractivity contribution in [2.45, 2.75) is 33.1 Å². The van der Waals surface area contributed by atoms with Crippen molar-refractivity contribution in [1.29, 1.82) is 0 Å². The number of nitrogens with zero attached hydrogens (tertiary/aromatic N) is 1. The molecule has 1 amide bonds. The number of carbonyl (C=O) groups is 2. The molecular formula is C13H23NO4. The van der Waals surface area contributed by atoms with E-state index in [4.69, 9.17) is 9.84 Å². The van der Waals surface area contributed by atoms with Crippen LogP contribution in [0.2, 0.25) is 0 Å². The highest BCUT2D eigenvalue weighted by Crippen LogP contribution is 2.25. The molecule has 1 atom stereocenters. The Morgan fingerprint density at radius 2 is 2.00 bits per heavy atom. The van der Waals surface area contributed by atoms with Gasteiger partial charge in [0, 0.05) is 25.7 Å². The molecule has 0 aliphatic carbocycles. The van der Waals surface area contributed by atoms with Gasteiger partial charge < -0.3 is 14.7 Å². The van der Waals surface area contributed by atoms with Crippen LogP contribution in [0.1, 0.15) is 33.1 Å². The maximum absolute atomic E-state index is 12.3. The summed E-state index contributed by atoms with van der Waals surface area (Å²) in [6.07, 6.45) is 2.55. The first kappa shape index (κ1) is 15.0. The van der Waals surface area contributed by atoms with Gasteiger partial charge in [-0.15, -0.1) is 0 Å². The number of aliphatic carboxylic acids is 1. The first-order valence-corrected chi connectivity index (χ1v) is 6.64. The molecule has 0 aromatic rings. The lowest BCUT2D eigenvalue weighted by Crippen LogP contribution is -2.42. The van der Waals surface area contributed by atoms with Crippen LogP contribution in [-0.2, 0) is 14.3 Å². The molecule has 1 aliphatic rings. The van der Waals surface area contributed by atoms with E-state index in [0.29, 0.717) is 25.7 Å². The molecule has 104 valence electrons. The van der Waals surface area contributed by atoms with E-state index in [1.54, 1.807) is 0 Å². The molecule has 1 heterocycles. The van der Waals surface area contributed by atoms with Crippen LogP contribution in [0.15, 0.2) is 0 Å². The maximum atomic E-state index is 12.3. The second-order valence-corrected chi connectivity index (χ2v) is 4.89. The molecular weight excluding hydrogens is 234 g/mol. The highest BCUT2D eigenvalue weighted by atomic mass is 16.5. The molecule has 1 aliphatic heterocycles. The van der Waals surface area contributed by atoms with Gasteiger partial charge in [-0.1, -0.05) is 13.8 Å². The summed E-state index contributed by atoms with van der Waals surface area (Å²) in [5, 5.41) is 8.84. The van der Waals surface area contributed by atoms with Crippen molar-refractivity contribution in [2.75, 3.05) is 26.3 Å². The Morgan fingerprint density at radius 1 is 1.39 bits per heavy atom. The van der Waals surface area contributed by atoms with Gasteiger partial charge in [0.1, 0.15) is 6.54 Å². The predicted octanol–water partition coefficient (Wildman–Crippen LogP) is 1.37. The van der Waals surface area contributed by atoms with Crippen molar-refractivity contribution < 1.29 is 19.4 Å². The Balaban J connectivity index is 2.59. The Labute approximate surface area is 108 Å². The van der Waals surface area contributed by atoms with Gasteiger partial charge >= 0.3 is 5.97 Å². The number of amides is 1. The number of hydrogen-bond donors (Lipinski definition) is 1. The van der Waals surface area contributed by atoms with Gasteiger partial charge in [0.05, 0.1) is 0 Å². The molecule has 1 fully saturated rings. The van der Waals surface area contributed by atoms with Crippen LogP contribution in [-0.4, -0.2) is 48.2 Å². The Bertz CT molecular complexity index is 287. The van der Waals surface area contributed by atoms with Gasteiger partial charge in [0.25, 0.3) is 0 Å². The summed E-state index contributed by atoms with van der Waals surface area (Å²) in [4.78, 5) is 24.5. The second kappa shape index (κ2) is 7.36. The zero-order valence-corrected chi connectivity index (χ0v) is 11.2. The van der Waals surface area contributed by atoms with Crippen molar-refractivity contribution in [3.8, 4) is 0 Å². The molecule has 0 aromatic carbocycles. The lowest BCUT2D eigenvalue weighted by molar-refractivity contribution is -0.147. The van der Waals surface area contributed by atoms with Gasteiger partial charge in [0.15, 0.2) is 0 Å². The van der Waals surface area contributed by atoms with Crippen molar-refractivity contribution in [1.82, 2.24) is 4.90 Å². The first-order chi connectivity index (χ1) is 8.56. The second-order valence-electron chi connectivity index (χ2n) is 4.89. The number of hydrogen-bond acceptors (Lipinski definition) is 3. The summed E-state index contributed by atoms with van der Waals surface area (Å²) in [5.41, 5.74) is 0. The number of carboxylic acid groups (broad SMARTS) is 1. The molecule has 18 heavy (non-hydrogen) atoms. The zero-order chi connectivity index (χ0) is 13.5. The van der Waals surface area contributed by atoms with Crippen molar-refractivity contribution in [2.24, 2.45) is 11.8 Å². The summed E-state index contributed by atoms with van der Waals surface area (Å²) in [6, 6.07) is 0. The molecule has 1 saturated heterocycles. The van der Waals surface area contributed by atoms with Crippen LogP contribution in [0.3, 0.4) is 0 Å². The molecule has 0 saturated carbocycles. The normalized spacial score (nSPS) is 18.3. The number of ether oxygens (including phenoxy) is 1. The Kier molecular flexibility index (Phi) is 6.12. The third-order valence-electron chi connectivity index (χ3n) is 3.49. The zero-order valence-electron chi connectivity index (χ0n) is 11.2. The summed E-state index contributed by atoms with van der Waals surface area (Å²) in [7, 11) is 0. The number of rotatable bonds is 6. The van der Waals surface area contributed by atoms with E-state index < -0.39 is 5.97 Å². The number of carbonyl (C=O) groups excluding carboxylic acids is 1. The minimum atomic E-state index is -0.948. The topological polar surface area (TPSA) is 66.8 Å². The van der Waals surface area contributed by atoms with E-state index in [0.717, 1.165) is 19.3 Å². The van der Waals surface area contributed by atoms with Gasteiger partial charge in [-0.3, -0.25) is 9.59 Å². The molecule has 0 aromatic heterocycles. The smallest absolute Gasteiger partial charge is 0.323 e. The van der Waals surface area contributed by atoms with Crippen LogP contribution in [0, 0.1) is 11.8 Å². The van der Waals surface area contributed by atoms with Gasteiger partial charge in [-0.25, -0.2) is 0 Å². The van der Waals surface area contributed by atoms with Gasteiger partial charge in [-0.05, 0) is 25.2 Å². The summed E-state index contributed by atoms with van der Waals surface area (Å²) < 4.78 is 5.28. The van der Waals surface area contributed by atoms with Crippen molar-refractivity contribution >= 4 is 11.9 Å². The highest BCUT2D eigenvalue weighted by molar-refractivity contribution is 5.83. The average Bonchev–Trinajstić information content (AvgIpc) is 2.37. The van der Waals surface area contributed by atoms with E-state index in [9.17, 15) is 9.59 Å². The quantitative estimate of drug-likeness (QED) is 0.780. The molecule has 5 heteroatoms. The van der Waals surface area contributed by atoms with E-state index in [1.807, 2.05) is 13.8 Å². The fraction of sp³-hybridized carbons (Fsp3) is 0.846. The van der Waals surface area contributed by atoms with Crippen LogP contribution < -0.4 is 0 Å². The van der Waals surface area contributed by atoms with E-state index in [2.05, 4.69) is 0 Å². The molecule has 0 radical (unpaired) electrons. The first-order valence-electron chi connectivity index (χ1n) is 6.64. The molecule has 5 nitrogen and oxygen atoms in total. The maximum Gasteiger partial charge on any atom is 0.323 e. The fourth-order valence-corrected chi connectivity index (χ4v) is 2.41. The molecule has 1 unspecified atom stereocenters. The summed E-state index contributed by atoms with van der Waals surface area (Å²) in [5.74, 6) is -0.777. The van der Waals surface area contributed by atoms with E-state index in [-0.39, 0.29) is 18.4 Å². The van der Waals surface area contributed by atoms with Crippen LogP contribution in [0.4, 0.5) is 0 Å². The molecule has 1 rings (SSSR count). The van der Waals surface area contributed by atoms with Crippen LogP contribution in [0.5, 0.6) is 0 Å². The lowest BCUT2D eigenvalue weighted by Gasteiger charge is -2.31. The predicted molar refractivity (Wildman–Crippen MR) is 67.2 cm³/mol. The van der Waals surface area contributed by atoms with Gasteiger partial charge in [0.2, 0.25) is 5.91 Å². The molecule has 0 bridgehead atoms. The largest absolute Gasteiger partial charge is 0.480 e. The third-order valence-corrected chi connectivity index (χ3v) is 3.49. The monoisotopic (exact) mass is 257 g/mol. The van der Waals surface area contributed by atoms with Crippen molar-refractivity contribution in [3.05, 3.63) is 0 Å². The van der Waals surface area contributed by atoms with Crippen LogP contribution >= 0.6 is 0 Å². The van der Waals surface area contributed by atoms with Crippen molar-refractivity contribution in [3.63, 3.8) is 0 Å². The lowest BCUT2D eigenvalue weighted by atomic mass is 9.86. The minimum Gasteiger partial charge on any atom is -0.480 e.